The topological polar surface area (TPSA) is 39.1 Å². The van der Waals surface area contributed by atoms with E-state index in [9.17, 15) is 5.26 Å². The highest BCUT2D eigenvalue weighted by Gasteiger charge is 2.37. The molecular formula is C12H21N3. The van der Waals surface area contributed by atoms with Crippen molar-refractivity contribution in [2.24, 2.45) is 0 Å². The van der Waals surface area contributed by atoms with E-state index in [4.69, 9.17) is 0 Å². The summed E-state index contributed by atoms with van der Waals surface area (Å²) in [5.74, 6) is 0. The zero-order valence-corrected chi connectivity index (χ0v) is 9.47. The zero-order chi connectivity index (χ0) is 10.6. The van der Waals surface area contributed by atoms with E-state index >= 15 is 0 Å². The van der Waals surface area contributed by atoms with E-state index in [0.717, 1.165) is 39.0 Å². The molecule has 1 aliphatic heterocycles. The third-order valence-electron chi connectivity index (χ3n) is 3.83. The highest BCUT2D eigenvalue weighted by Crippen LogP contribution is 2.33. The van der Waals surface area contributed by atoms with E-state index in [0.29, 0.717) is 0 Å². The van der Waals surface area contributed by atoms with Gasteiger partial charge in [-0.2, -0.15) is 5.26 Å². The number of hydrogen-bond donors (Lipinski definition) is 1. The van der Waals surface area contributed by atoms with Gasteiger partial charge in [0, 0.05) is 19.6 Å². The first kappa shape index (κ1) is 10.9. The van der Waals surface area contributed by atoms with Gasteiger partial charge in [-0.25, -0.2) is 0 Å². The van der Waals surface area contributed by atoms with Crippen LogP contribution in [0, 0.1) is 11.3 Å². The molecule has 0 aromatic carbocycles. The van der Waals surface area contributed by atoms with Crippen LogP contribution in [-0.4, -0.2) is 36.6 Å². The molecule has 2 aliphatic rings. The van der Waals surface area contributed by atoms with E-state index in [1.165, 1.54) is 25.7 Å². The fourth-order valence-electron chi connectivity index (χ4n) is 2.91. The molecule has 3 heteroatoms. The van der Waals surface area contributed by atoms with Crippen molar-refractivity contribution in [2.75, 3.05) is 26.2 Å². The van der Waals surface area contributed by atoms with Gasteiger partial charge in [0.1, 0.15) is 5.54 Å². The number of nitrogens with one attached hydrogen (secondary N) is 1. The summed E-state index contributed by atoms with van der Waals surface area (Å²) in [4.78, 5) is 2.44. The van der Waals surface area contributed by atoms with Crippen LogP contribution in [0.15, 0.2) is 0 Å². The van der Waals surface area contributed by atoms with Crippen LogP contribution in [0.5, 0.6) is 0 Å². The largest absolute Gasteiger partial charge is 0.315 e. The molecule has 0 radical (unpaired) electrons. The first-order valence-electron chi connectivity index (χ1n) is 6.24. The first-order chi connectivity index (χ1) is 7.37. The van der Waals surface area contributed by atoms with Crippen molar-refractivity contribution in [3.8, 4) is 6.07 Å². The Hall–Kier alpha value is -0.590. The normalized spacial score (nSPS) is 27.9. The second-order valence-electron chi connectivity index (χ2n) is 4.79. The minimum Gasteiger partial charge on any atom is -0.315 e. The van der Waals surface area contributed by atoms with Gasteiger partial charge < -0.3 is 5.32 Å². The fraction of sp³-hybridized carbons (Fsp3) is 0.917. The average Bonchev–Trinajstić information content (AvgIpc) is 2.59. The molecule has 1 heterocycles. The van der Waals surface area contributed by atoms with Crippen molar-refractivity contribution in [3.05, 3.63) is 0 Å². The highest BCUT2D eigenvalue weighted by atomic mass is 15.2. The summed E-state index contributed by atoms with van der Waals surface area (Å²) >= 11 is 0. The monoisotopic (exact) mass is 207 g/mol. The molecule has 2 rings (SSSR count). The van der Waals surface area contributed by atoms with Gasteiger partial charge in [-0.15, -0.1) is 0 Å². The summed E-state index contributed by atoms with van der Waals surface area (Å²) in [6, 6.07) is 2.61. The fourth-order valence-corrected chi connectivity index (χ4v) is 2.91. The summed E-state index contributed by atoms with van der Waals surface area (Å²) in [6.07, 6.45) is 7.14. The smallest absolute Gasteiger partial charge is 0.109 e. The lowest BCUT2D eigenvalue weighted by Crippen LogP contribution is -2.50. The maximum atomic E-state index is 9.47. The van der Waals surface area contributed by atoms with Gasteiger partial charge in [0.2, 0.25) is 0 Å². The van der Waals surface area contributed by atoms with Crippen molar-refractivity contribution in [3.63, 3.8) is 0 Å². The molecule has 0 unspecified atom stereocenters. The quantitative estimate of drug-likeness (QED) is 0.708. The molecule has 0 atom stereocenters. The minimum absolute atomic E-state index is 0.121. The molecule has 1 N–H and O–H groups in total. The molecule has 1 saturated carbocycles. The summed E-state index contributed by atoms with van der Waals surface area (Å²) in [6.45, 7) is 4.30. The second kappa shape index (κ2) is 4.96. The van der Waals surface area contributed by atoms with Gasteiger partial charge in [0.15, 0.2) is 0 Å². The van der Waals surface area contributed by atoms with Gasteiger partial charge in [-0.3, -0.25) is 4.90 Å². The van der Waals surface area contributed by atoms with E-state index in [1.54, 1.807) is 0 Å². The Balaban J connectivity index is 2.06. The van der Waals surface area contributed by atoms with Gasteiger partial charge in [-0.05, 0) is 25.8 Å². The zero-order valence-electron chi connectivity index (χ0n) is 9.47. The number of hydrogen-bond acceptors (Lipinski definition) is 3. The second-order valence-corrected chi connectivity index (χ2v) is 4.79. The lowest BCUT2D eigenvalue weighted by Gasteiger charge is -2.40. The Morgan fingerprint density at radius 3 is 2.53 bits per heavy atom. The molecule has 3 nitrogen and oxygen atoms in total. The van der Waals surface area contributed by atoms with E-state index in [2.05, 4.69) is 16.3 Å². The molecule has 1 saturated heterocycles. The average molecular weight is 207 g/mol. The van der Waals surface area contributed by atoms with Crippen LogP contribution in [0.25, 0.3) is 0 Å². The summed E-state index contributed by atoms with van der Waals surface area (Å²) < 4.78 is 0. The predicted octanol–water partition coefficient (Wildman–Crippen LogP) is 1.51. The highest BCUT2D eigenvalue weighted by molar-refractivity contribution is 5.10. The maximum Gasteiger partial charge on any atom is 0.109 e. The van der Waals surface area contributed by atoms with E-state index in [1.807, 2.05) is 0 Å². The van der Waals surface area contributed by atoms with Gasteiger partial charge in [0.05, 0.1) is 6.07 Å². The molecule has 2 fully saturated rings. The molecule has 0 aromatic heterocycles. The molecule has 0 amide bonds. The summed E-state index contributed by atoms with van der Waals surface area (Å²) in [7, 11) is 0. The van der Waals surface area contributed by atoms with Crippen LogP contribution in [0.4, 0.5) is 0 Å². The van der Waals surface area contributed by atoms with Crippen LogP contribution in [-0.2, 0) is 0 Å². The number of rotatable bonds is 1. The molecule has 0 spiro atoms. The van der Waals surface area contributed by atoms with Crippen LogP contribution >= 0.6 is 0 Å². The van der Waals surface area contributed by atoms with E-state index in [-0.39, 0.29) is 5.54 Å². The van der Waals surface area contributed by atoms with Crippen molar-refractivity contribution in [2.45, 2.75) is 44.1 Å². The molecule has 15 heavy (non-hydrogen) atoms. The Kier molecular flexibility index (Phi) is 3.61. The molecule has 1 aliphatic carbocycles. The Bertz CT molecular complexity index is 230. The predicted molar refractivity (Wildman–Crippen MR) is 60.5 cm³/mol. The summed E-state index contributed by atoms with van der Waals surface area (Å²) in [5, 5.41) is 12.9. The SMILES string of the molecule is N#CC1(N2CCCNCC2)CCCCC1. The standard InChI is InChI=1S/C12H21N3/c13-11-12(5-2-1-3-6-12)15-9-4-7-14-8-10-15/h14H,1-10H2. The van der Waals surface area contributed by atoms with Gasteiger partial charge >= 0.3 is 0 Å². The Labute approximate surface area is 92.4 Å². The van der Waals surface area contributed by atoms with Crippen LogP contribution in [0.3, 0.4) is 0 Å². The van der Waals surface area contributed by atoms with E-state index < -0.39 is 0 Å². The van der Waals surface area contributed by atoms with Gasteiger partial charge in [-0.1, -0.05) is 19.3 Å². The van der Waals surface area contributed by atoms with Crippen molar-refractivity contribution < 1.29 is 0 Å². The number of nitrogens with zero attached hydrogens (tertiary/aromatic N) is 2. The molecular weight excluding hydrogens is 186 g/mol. The Morgan fingerprint density at radius 1 is 1.00 bits per heavy atom. The van der Waals surface area contributed by atoms with Crippen LogP contribution < -0.4 is 5.32 Å². The lowest BCUT2D eigenvalue weighted by atomic mass is 9.81. The van der Waals surface area contributed by atoms with Crippen LogP contribution in [0.2, 0.25) is 0 Å². The van der Waals surface area contributed by atoms with Crippen molar-refractivity contribution in [1.82, 2.24) is 10.2 Å². The third kappa shape index (κ3) is 2.32. The minimum atomic E-state index is -0.121. The van der Waals surface area contributed by atoms with Gasteiger partial charge in [0.25, 0.3) is 0 Å². The molecule has 0 aromatic rings. The third-order valence-corrected chi connectivity index (χ3v) is 3.83. The lowest BCUT2D eigenvalue weighted by molar-refractivity contribution is 0.105. The van der Waals surface area contributed by atoms with Crippen LogP contribution in [0.1, 0.15) is 38.5 Å². The number of nitriles is 1. The Morgan fingerprint density at radius 2 is 1.80 bits per heavy atom. The maximum absolute atomic E-state index is 9.47. The first-order valence-corrected chi connectivity index (χ1v) is 6.24. The molecule has 84 valence electrons. The summed E-state index contributed by atoms with van der Waals surface area (Å²) in [5.41, 5.74) is -0.121. The molecule has 0 bridgehead atoms. The van der Waals surface area contributed by atoms with Crippen molar-refractivity contribution in [1.29, 1.82) is 5.26 Å². The van der Waals surface area contributed by atoms with Crippen molar-refractivity contribution >= 4 is 0 Å².